The van der Waals surface area contributed by atoms with Gasteiger partial charge in [-0.3, -0.25) is 0 Å². The fourth-order valence-electron chi connectivity index (χ4n) is 1.84. The van der Waals surface area contributed by atoms with Crippen LogP contribution in [-0.2, 0) is 4.74 Å². The lowest BCUT2D eigenvalue weighted by Gasteiger charge is -2.09. The minimum atomic E-state index is 0.559. The van der Waals surface area contributed by atoms with E-state index in [1.54, 1.807) is 0 Å². The Hall–Kier alpha value is 0.270. The first-order chi connectivity index (χ1) is 7.79. The Kier molecular flexibility index (Phi) is 8.34. The second-order valence-corrected chi connectivity index (χ2v) is 6.16. The summed E-state index contributed by atoms with van der Waals surface area (Å²) in [6.45, 7) is 7.83. The molecule has 0 spiro atoms. The molecule has 2 nitrogen and oxygen atoms in total. The van der Waals surface area contributed by atoms with Crippen LogP contribution in [0.1, 0.15) is 39.5 Å². The van der Waals surface area contributed by atoms with Crippen LogP contribution in [-0.4, -0.2) is 37.3 Å². The summed E-state index contributed by atoms with van der Waals surface area (Å²) in [7, 11) is 0. The van der Waals surface area contributed by atoms with E-state index < -0.39 is 0 Å². The van der Waals surface area contributed by atoms with Gasteiger partial charge in [0.05, 0.1) is 6.10 Å². The molecule has 0 radical (unpaired) electrons. The Labute approximate surface area is 105 Å². The summed E-state index contributed by atoms with van der Waals surface area (Å²) >= 11 is 2.06. The van der Waals surface area contributed by atoms with Crippen LogP contribution in [0.25, 0.3) is 0 Å². The highest BCUT2D eigenvalue weighted by atomic mass is 32.2. The van der Waals surface area contributed by atoms with Gasteiger partial charge in [0.25, 0.3) is 0 Å². The van der Waals surface area contributed by atoms with Crippen molar-refractivity contribution in [3.8, 4) is 0 Å². The fraction of sp³-hybridized carbons (Fsp3) is 1.00. The van der Waals surface area contributed by atoms with Crippen molar-refractivity contribution in [2.24, 2.45) is 5.92 Å². The first kappa shape index (κ1) is 14.3. The number of thioether (sulfide) groups is 1. The van der Waals surface area contributed by atoms with Gasteiger partial charge in [0.15, 0.2) is 0 Å². The van der Waals surface area contributed by atoms with Gasteiger partial charge in [-0.2, -0.15) is 11.8 Å². The van der Waals surface area contributed by atoms with Crippen LogP contribution in [0.5, 0.6) is 0 Å². The van der Waals surface area contributed by atoms with Gasteiger partial charge >= 0.3 is 0 Å². The Balaban J connectivity index is 1.74. The van der Waals surface area contributed by atoms with Crippen molar-refractivity contribution in [2.75, 3.05) is 31.2 Å². The van der Waals surface area contributed by atoms with E-state index in [1.165, 1.54) is 43.7 Å². The van der Waals surface area contributed by atoms with E-state index in [4.69, 9.17) is 4.74 Å². The van der Waals surface area contributed by atoms with Crippen LogP contribution in [0, 0.1) is 5.92 Å². The maximum Gasteiger partial charge on any atom is 0.0666 e. The minimum Gasteiger partial charge on any atom is -0.377 e. The van der Waals surface area contributed by atoms with Crippen LogP contribution in [0.2, 0.25) is 0 Å². The molecule has 0 aromatic heterocycles. The molecule has 0 saturated carbocycles. The molecule has 0 aromatic carbocycles. The standard InChI is InChI=1S/C13H27NOS/c1-12(2)10-14-7-3-4-9-16-11-13-6-5-8-15-13/h12-14H,3-11H2,1-2H3. The second-order valence-electron chi connectivity index (χ2n) is 5.02. The van der Waals surface area contributed by atoms with Gasteiger partial charge in [0.2, 0.25) is 0 Å². The predicted octanol–water partition coefficient (Wildman–Crippen LogP) is 2.92. The molecular weight excluding hydrogens is 218 g/mol. The summed E-state index contributed by atoms with van der Waals surface area (Å²) in [5.74, 6) is 3.27. The van der Waals surface area contributed by atoms with Crippen LogP contribution < -0.4 is 5.32 Å². The molecule has 1 fully saturated rings. The van der Waals surface area contributed by atoms with Gasteiger partial charge in [-0.15, -0.1) is 0 Å². The largest absolute Gasteiger partial charge is 0.377 e. The van der Waals surface area contributed by atoms with Gasteiger partial charge < -0.3 is 10.1 Å². The highest BCUT2D eigenvalue weighted by Gasteiger charge is 2.14. The van der Waals surface area contributed by atoms with Crippen LogP contribution in [0.3, 0.4) is 0 Å². The fourth-order valence-corrected chi connectivity index (χ4v) is 2.94. The zero-order chi connectivity index (χ0) is 11.6. The molecule has 16 heavy (non-hydrogen) atoms. The zero-order valence-electron chi connectivity index (χ0n) is 10.8. The monoisotopic (exact) mass is 245 g/mol. The smallest absolute Gasteiger partial charge is 0.0666 e. The van der Waals surface area contributed by atoms with Crippen molar-refractivity contribution >= 4 is 11.8 Å². The lowest BCUT2D eigenvalue weighted by atomic mass is 10.2. The van der Waals surface area contributed by atoms with Crippen molar-refractivity contribution in [3.63, 3.8) is 0 Å². The number of nitrogens with one attached hydrogen (secondary N) is 1. The Morgan fingerprint density at radius 3 is 2.94 bits per heavy atom. The van der Waals surface area contributed by atoms with Gasteiger partial charge in [0.1, 0.15) is 0 Å². The summed E-state index contributed by atoms with van der Waals surface area (Å²) in [6, 6.07) is 0. The van der Waals surface area contributed by atoms with Crippen molar-refractivity contribution in [3.05, 3.63) is 0 Å². The van der Waals surface area contributed by atoms with Gasteiger partial charge in [-0.25, -0.2) is 0 Å². The molecule has 1 heterocycles. The van der Waals surface area contributed by atoms with E-state index in [9.17, 15) is 0 Å². The molecular formula is C13H27NOS. The number of hydrogen-bond acceptors (Lipinski definition) is 3. The summed E-state index contributed by atoms with van der Waals surface area (Å²) in [6.07, 6.45) is 5.75. The van der Waals surface area contributed by atoms with E-state index in [0.29, 0.717) is 6.10 Å². The lowest BCUT2D eigenvalue weighted by Crippen LogP contribution is -2.20. The van der Waals surface area contributed by atoms with Crippen LogP contribution in [0.4, 0.5) is 0 Å². The quantitative estimate of drug-likeness (QED) is 0.631. The number of ether oxygens (including phenoxy) is 1. The predicted molar refractivity (Wildman–Crippen MR) is 73.2 cm³/mol. The molecule has 1 unspecified atom stereocenters. The summed E-state index contributed by atoms with van der Waals surface area (Å²) in [4.78, 5) is 0. The maximum absolute atomic E-state index is 5.59. The third-order valence-electron chi connectivity index (χ3n) is 2.77. The Morgan fingerprint density at radius 2 is 2.25 bits per heavy atom. The molecule has 0 aliphatic carbocycles. The zero-order valence-corrected chi connectivity index (χ0v) is 11.7. The summed E-state index contributed by atoms with van der Waals surface area (Å²) in [5, 5.41) is 3.48. The van der Waals surface area contributed by atoms with Crippen LogP contribution >= 0.6 is 11.8 Å². The normalized spacial score (nSPS) is 20.8. The SMILES string of the molecule is CC(C)CNCCCCSCC1CCCO1. The van der Waals surface area contributed by atoms with Crippen molar-refractivity contribution in [2.45, 2.75) is 45.6 Å². The van der Waals surface area contributed by atoms with E-state index >= 15 is 0 Å². The highest BCUT2D eigenvalue weighted by Crippen LogP contribution is 2.17. The average Bonchev–Trinajstić information content (AvgIpc) is 2.74. The van der Waals surface area contributed by atoms with Crippen molar-refractivity contribution in [1.82, 2.24) is 5.32 Å². The molecule has 0 bridgehead atoms. The molecule has 0 amide bonds. The van der Waals surface area contributed by atoms with Gasteiger partial charge in [-0.05, 0) is 50.4 Å². The second kappa shape index (κ2) is 9.32. The Morgan fingerprint density at radius 1 is 1.38 bits per heavy atom. The molecule has 1 aliphatic heterocycles. The third-order valence-corrected chi connectivity index (χ3v) is 3.96. The van der Waals surface area contributed by atoms with Gasteiger partial charge in [0, 0.05) is 12.4 Å². The first-order valence-electron chi connectivity index (χ1n) is 6.69. The van der Waals surface area contributed by atoms with Crippen LogP contribution in [0.15, 0.2) is 0 Å². The molecule has 96 valence electrons. The number of hydrogen-bond donors (Lipinski definition) is 1. The van der Waals surface area contributed by atoms with E-state index in [2.05, 4.69) is 30.9 Å². The maximum atomic E-state index is 5.59. The molecule has 1 saturated heterocycles. The number of unbranched alkanes of at least 4 members (excludes halogenated alkanes) is 1. The summed E-state index contributed by atoms with van der Waals surface area (Å²) in [5.41, 5.74) is 0. The molecule has 1 aliphatic rings. The van der Waals surface area contributed by atoms with Crippen molar-refractivity contribution in [1.29, 1.82) is 0 Å². The summed E-state index contributed by atoms with van der Waals surface area (Å²) < 4.78 is 5.59. The van der Waals surface area contributed by atoms with E-state index in [1.807, 2.05) is 0 Å². The topological polar surface area (TPSA) is 21.3 Å². The Bertz CT molecular complexity index is 158. The molecule has 1 atom stereocenters. The molecule has 1 rings (SSSR count). The number of rotatable bonds is 9. The molecule has 1 N–H and O–H groups in total. The third kappa shape index (κ3) is 7.53. The average molecular weight is 245 g/mol. The first-order valence-corrected chi connectivity index (χ1v) is 7.84. The van der Waals surface area contributed by atoms with E-state index in [-0.39, 0.29) is 0 Å². The minimum absolute atomic E-state index is 0.559. The molecule has 0 aromatic rings. The lowest BCUT2D eigenvalue weighted by molar-refractivity contribution is 0.129. The molecule has 3 heteroatoms. The highest BCUT2D eigenvalue weighted by molar-refractivity contribution is 7.99. The van der Waals surface area contributed by atoms with Crippen molar-refractivity contribution < 1.29 is 4.74 Å². The van der Waals surface area contributed by atoms with E-state index in [0.717, 1.165) is 19.1 Å². The van der Waals surface area contributed by atoms with Gasteiger partial charge in [-0.1, -0.05) is 13.8 Å².